The van der Waals surface area contributed by atoms with E-state index in [0.29, 0.717) is 6.54 Å². The summed E-state index contributed by atoms with van der Waals surface area (Å²) in [5, 5.41) is 0.742. The fourth-order valence-corrected chi connectivity index (χ4v) is 2.77. The molecule has 0 aromatic heterocycles. The van der Waals surface area contributed by atoms with Crippen molar-refractivity contribution in [3.05, 3.63) is 59.1 Å². The quantitative estimate of drug-likeness (QED) is 0.901. The van der Waals surface area contributed by atoms with Crippen molar-refractivity contribution in [3.8, 4) is 0 Å². The Bertz CT molecular complexity index is 513. The topological polar surface area (TPSA) is 52.0 Å². The van der Waals surface area contributed by atoms with Gasteiger partial charge < -0.3 is 11.5 Å². The summed E-state index contributed by atoms with van der Waals surface area (Å²) >= 11 is 7.55. The van der Waals surface area contributed by atoms with Crippen LogP contribution in [0.5, 0.6) is 0 Å². The minimum absolute atomic E-state index is 0.124. The Labute approximate surface area is 116 Å². The Balaban J connectivity index is 2.26. The summed E-state index contributed by atoms with van der Waals surface area (Å²) in [5.74, 6) is 0. The zero-order valence-electron chi connectivity index (χ0n) is 9.84. The van der Waals surface area contributed by atoms with Gasteiger partial charge in [-0.1, -0.05) is 41.6 Å². The fraction of sp³-hybridized carbons (Fsp3) is 0.143. The molecule has 4 heteroatoms. The number of benzene rings is 2. The minimum Gasteiger partial charge on any atom is -0.329 e. The number of rotatable bonds is 4. The van der Waals surface area contributed by atoms with E-state index in [1.165, 1.54) is 0 Å². The van der Waals surface area contributed by atoms with Gasteiger partial charge in [0.15, 0.2) is 0 Å². The second-order valence-electron chi connectivity index (χ2n) is 3.94. The molecule has 1 atom stereocenters. The predicted octanol–water partition coefficient (Wildman–Crippen LogP) is 3.45. The van der Waals surface area contributed by atoms with Crippen LogP contribution in [-0.4, -0.2) is 6.54 Å². The van der Waals surface area contributed by atoms with Crippen LogP contribution in [0.2, 0.25) is 5.02 Å². The third-order valence-corrected chi connectivity index (χ3v) is 3.97. The van der Waals surface area contributed by atoms with Crippen LogP contribution in [-0.2, 0) is 0 Å². The highest BCUT2D eigenvalue weighted by atomic mass is 35.5. The van der Waals surface area contributed by atoms with Crippen LogP contribution < -0.4 is 11.5 Å². The van der Waals surface area contributed by atoms with Crippen LogP contribution in [0.4, 0.5) is 0 Å². The first-order valence-electron chi connectivity index (χ1n) is 5.68. The first-order valence-corrected chi connectivity index (χ1v) is 6.88. The van der Waals surface area contributed by atoms with E-state index in [1.54, 1.807) is 11.8 Å². The van der Waals surface area contributed by atoms with E-state index < -0.39 is 0 Å². The Hall–Kier alpha value is -1.00. The molecule has 0 aliphatic rings. The maximum atomic E-state index is 6.01. The largest absolute Gasteiger partial charge is 0.329 e. The van der Waals surface area contributed by atoms with Crippen molar-refractivity contribution in [2.75, 3.05) is 6.54 Å². The van der Waals surface area contributed by atoms with Gasteiger partial charge in [-0.3, -0.25) is 0 Å². The number of hydrogen-bond donors (Lipinski definition) is 2. The summed E-state index contributed by atoms with van der Waals surface area (Å²) in [6, 6.07) is 15.7. The third-order valence-electron chi connectivity index (χ3n) is 2.61. The molecule has 0 heterocycles. The molecule has 4 N–H and O–H groups in total. The minimum atomic E-state index is -0.124. The highest BCUT2D eigenvalue weighted by molar-refractivity contribution is 7.99. The lowest BCUT2D eigenvalue weighted by molar-refractivity contribution is 0.722. The van der Waals surface area contributed by atoms with Gasteiger partial charge in [0, 0.05) is 27.4 Å². The third kappa shape index (κ3) is 3.27. The van der Waals surface area contributed by atoms with Crippen LogP contribution in [0, 0.1) is 0 Å². The van der Waals surface area contributed by atoms with E-state index in [1.807, 2.05) is 42.5 Å². The normalized spacial score (nSPS) is 12.4. The van der Waals surface area contributed by atoms with Crippen LogP contribution in [0.15, 0.2) is 58.3 Å². The van der Waals surface area contributed by atoms with Crippen molar-refractivity contribution in [1.29, 1.82) is 0 Å². The molecule has 0 radical (unpaired) electrons. The van der Waals surface area contributed by atoms with Gasteiger partial charge in [0.2, 0.25) is 0 Å². The monoisotopic (exact) mass is 278 g/mol. The molecule has 0 fully saturated rings. The second-order valence-corrected chi connectivity index (χ2v) is 5.49. The first kappa shape index (κ1) is 13.4. The van der Waals surface area contributed by atoms with Gasteiger partial charge in [-0.2, -0.15) is 0 Å². The van der Waals surface area contributed by atoms with E-state index in [-0.39, 0.29) is 6.04 Å². The molecule has 0 amide bonds. The zero-order valence-corrected chi connectivity index (χ0v) is 11.4. The van der Waals surface area contributed by atoms with Crippen LogP contribution in [0.1, 0.15) is 11.6 Å². The van der Waals surface area contributed by atoms with E-state index in [0.717, 1.165) is 20.4 Å². The average Bonchev–Trinajstić information content (AvgIpc) is 2.41. The van der Waals surface area contributed by atoms with Crippen molar-refractivity contribution in [1.82, 2.24) is 0 Å². The Morgan fingerprint density at radius 1 is 1.06 bits per heavy atom. The summed E-state index contributed by atoms with van der Waals surface area (Å²) in [5.41, 5.74) is 12.7. The second kappa shape index (κ2) is 6.25. The van der Waals surface area contributed by atoms with Gasteiger partial charge in [-0.25, -0.2) is 0 Å². The molecular weight excluding hydrogens is 264 g/mol. The van der Waals surface area contributed by atoms with Gasteiger partial charge >= 0.3 is 0 Å². The highest BCUT2D eigenvalue weighted by Crippen LogP contribution is 2.32. The molecule has 2 nitrogen and oxygen atoms in total. The van der Waals surface area contributed by atoms with E-state index >= 15 is 0 Å². The Morgan fingerprint density at radius 3 is 2.39 bits per heavy atom. The fourth-order valence-electron chi connectivity index (χ4n) is 1.64. The Morgan fingerprint density at radius 2 is 1.72 bits per heavy atom. The summed E-state index contributed by atoms with van der Waals surface area (Å²) in [6.07, 6.45) is 0. The van der Waals surface area contributed by atoms with Crippen molar-refractivity contribution in [2.24, 2.45) is 11.5 Å². The van der Waals surface area contributed by atoms with E-state index in [2.05, 4.69) is 6.07 Å². The van der Waals surface area contributed by atoms with Crippen LogP contribution in [0.3, 0.4) is 0 Å². The molecule has 0 aliphatic heterocycles. The van der Waals surface area contributed by atoms with Crippen molar-refractivity contribution in [3.63, 3.8) is 0 Å². The SMILES string of the molecule is NC[C@H](N)c1ccccc1Sc1ccc(Cl)cc1. The van der Waals surface area contributed by atoms with Gasteiger partial charge in [0.05, 0.1) is 0 Å². The predicted molar refractivity (Wildman–Crippen MR) is 78.0 cm³/mol. The molecule has 0 saturated carbocycles. The Kier molecular flexibility index (Phi) is 4.66. The lowest BCUT2D eigenvalue weighted by Gasteiger charge is -2.14. The van der Waals surface area contributed by atoms with Gasteiger partial charge in [0.25, 0.3) is 0 Å². The van der Waals surface area contributed by atoms with Gasteiger partial charge in [-0.15, -0.1) is 0 Å². The summed E-state index contributed by atoms with van der Waals surface area (Å²) in [4.78, 5) is 2.27. The average molecular weight is 279 g/mol. The molecular formula is C14H15ClN2S. The standard InChI is InChI=1S/C14H15ClN2S/c15-10-5-7-11(8-6-10)18-14-4-2-1-3-12(14)13(17)9-16/h1-8,13H,9,16-17H2/t13-/m0/s1. The molecule has 0 bridgehead atoms. The molecule has 2 aromatic rings. The van der Waals surface area contributed by atoms with Crippen molar-refractivity contribution in [2.45, 2.75) is 15.8 Å². The van der Waals surface area contributed by atoms with Crippen molar-refractivity contribution < 1.29 is 0 Å². The zero-order chi connectivity index (χ0) is 13.0. The van der Waals surface area contributed by atoms with Crippen molar-refractivity contribution >= 4 is 23.4 Å². The van der Waals surface area contributed by atoms with Gasteiger partial charge in [-0.05, 0) is 35.9 Å². The lowest BCUT2D eigenvalue weighted by atomic mass is 10.1. The lowest BCUT2D eigenvalue weighted by Crippen LogP contribution is -2.21. The van der Waals surface area contributed by atoms with E-state index in [9.17, 15) is 0 Å². The molecule has 0 unspecified atom stereocenters. The molecule has 0 aliphatic carbocycles. The number of halogens is 1. The van der Waals surface area contributed by atoms with E-state index in [4.69, 9.17) is 23.1 Å². The molecule has 0 saturated heterocycles. The van der Waals surface area contributed by atoms with Crippen LogP contribution in [0.25, 0.3) is 0 Å². The summed E-state index contributed by atoms with van der Waals surface area (Å²) < 4.78 is 0. The summed E-state index contributed by atoms with van der Waals surface area (Å²) in [7, 11) is 0. The maximum Gasteiger partial charge on any atom is 0.0430 e. The smallest absolute Gasteiger partial charge is 0.0430 e. The molecule has 18 heavy (non-hydrogen) atoms. The highest BCUT2D eigenvalue weighted by Gasteiger charge is 2.09. The van der Waals surface area contributed by atoms with Gasteiger partial charge in [0.1, 0.15) is 0 Å². The van der Waals surface area contributed by atoms with Crippen LogP contribution >= 0.6 is 23.4 Å². The summed E-state index contributed by atoms with van der Waals surface area (Å²) in [6.45, 7) is 0.443. The molecule has 2 rings (SSSR count). The number of hydrogen-bond acceptors (Lipinski definition) is 3. The first-order chi connectivity index (χ1) is 8.70. The number of nitrogens with two attached hydrogens (primary N) is 2. The molecule has 0 spiro atoms. The molecule has 94 valence electrons. The molecule has 2 aromatic carbocycles. The maximum absolute atomic E-state index is 6.01.